The zero-order chi connectivity index (χ0) is 32.9. The molecule has 45 heavy (non-hydrogen) atoms. The Bertz CT molecular complexity index is 1500. The average Bonchev–Trinajstić information content (AvgIpc) is 3.66. The molecule has 0 fully saturated rings. The lowest BCUT2D eigenvalue weighted by atomic mass is 10.0. The lowest BCUT2D eigenvalue weighted by Crippen LogP contribution is -2.57. The minimum Gasteiger partial charge on any atom is -0.480 e. The van der Waals surface area contributed by atoms with E-state index < -0.39 is 53.8 Å². The highest BCUT2D eigenvalue weighted by Crippen LogP contribution is 2.19. The summed E-state index contributed by atoms with van der Waals surface area (Å²) >= 11 is 0. The molecule has 14 N–H and O–H groups in total. The SMILES string of the molecule is NC(=O)CCC(NC(=O)C(Cc1cnc[nH]1)NC(=O)C(CCCN=C(N)N)NC(=O)C(N)Cc1c[nH]c2ccccc12)C(=O)O. The second-order valence-electron chi connectivity index (χ2n) is 10.4. The maximum atomic E-state index is 13.6. The number of hydrogen-bond acceptors (Lipinski definition) is 8. The second kappa shape index (κ2) is 16.4. The number of aliphatic imine (C=N–C) groups is 1. The Balaban J connectivity index is 1.76. The van der Waals surface area contributed by atoms with E-state index in [2.05, 4.69) is 35.9 Å². The number of imidazole rings is 1. The highest BCUT2D eigenvalue weighted by Gasteiger charge is 2.31. The molecule has 4 unspecified atom stereocenters. The summed E-state index contributed by atoms with van der Waals surface area (Å²) in [6, 6.07) is 2.66. The number of aromatic nitrogens is 3. The van der Waals surface area contributed by atoms with Gasteiger partial charge in [0.15, 0.2) is 5.96 Å². The number of aromatic amines is 2. The molecule has 0 aliphatic rings. The Hall–Kier alpha value is -5.45. The van der Waals surface area contributed by atoms with Crippen molar-refractivity contribution >= 4 is 46.5 Å². The molecular formula is C28H39N11O6. The van der Waals surface area contributed by atoms with Crippen LogP contribution in [0, 0.1) is 0 Å². The Labute approximate surface area is 258 Å². The molecule has 17 heteroatoms. The summed E-state index contributed by atoms with van der Waals surface area (Å²) in [4.78, 5) is 76.7. The van der Waals surface area contributed by atoms with Crippen LogP contribution in [-0.4, -0.2) is 86.3 Å². The minimum absolute atomic E-state index is 0.0862. The van der Waals surface area contributed by atoms with Gasteiger partial charge in [-0.15, -0.1) is 0 Å². The van der Waals surface area contributed by atoms with Gasteiger partial charge in [-0.1, -0.05) is 18.2 Å². The van der Waals surface area contributed by atoms with Gasteiger partial charge in [0.25, 0.3) is 0 Å². The van der Waals surface area contributed by atoms with Gasteiger partial charge < -0.3 is 54.0 Å². The number of hydrogen-bond donors (Lipinski definition) is 10. The molecule has 4 amide bonds. The molecule has 2 aromatic heterocycles. The van der Waals surface area contributed by atoms with Crippen molar-refractivity contribution in [3.05, 3.63) is 54.2 Å². The van der Waals surface area contributed by atoms with Crippen LogP contribution in [0.3, 0.4) is 0 Å². The lowest BCUT2D eigenvalue weighted by molar-refractivity contribution is -0.142. The number of benzene rings is 1. The van der Waals surface area contributed by atoms with Crippen LogP contribution in [-0.2, 0) is 36.8 Å². The molecule has 0 aliphatic heterocycles. The first-order valence-corrected chi connectivity index (χ1v) is 14.2. The molecule has 0 saturated heterocycles. The maximum absolute atomic E-state index is 13.6. The summed E-state index contributed by atoms with van der Waals surface area (Å²) in [5, 5.41) is 18.1. The van der Waals surface area contributed by atoms with Crippen LogP contribution in [0.4, 0.5) is 0 Å². The van der Waals surface area contributed by atoms with Crippen LogP contribution in [0.25, 0.3) is 10.9 Å². The van der Waals surface area contributed by atoms with Crippen LogP contribution < -0.4 is 38.9 Å². The molecule has 0 saturated carbocycles. The third-order valence-corrected chi connectivity index (χ3v) is 6.94. The number of aliphatic carboxylic acids is 1. The van der Waals surface area contributed by atoms with E-state index >= 15 is 0 Å². The second-order valence-corrected chi connectivity index (χ2v) is 10.4. The van der Waals surface area contributed by atoms with Crippen LogP contribution in [0.15, 0.2) is 48.0 Å². The van der Waals surface area contributed by atoms with Crippen molar-refractivity contribution in [2.24, 2.45) is 27.9 Å². The van der Waals surface area contributed by atoms with E-state index in [1.807, 2.05) is 24.3 Å². The average molecular weight is 626 g/mol. The van der Waals surface area contributed by atoms with Gasteiger partial charge >= 0.3 is 5.97 Å². The number of guanidine groups is 1. The van der Waals surface area contributed by atoms with Crippen LogP contribution in [0.1, 0.15) is 36.9 Å². The smallest absolute Gasteiger partial charge is 0.326 e. The number of nitrogens with two attached hydrogens (primary N) is 4. The molecule has 242 valence electrons. The lowest BCUT2D eigenvalue weighted by Gasteiger charge is -2.25. The van der Waals surface area contributed by atoms with E-state index in [9.17, 15) is 29.1 Å². The van der Waals surface area contributed by atoms with Gasteiger partial charge in [0.1, 0.15) is 18.1 Å². The standard InChI is InChI=1S/C28H39N11O6/c29-18(10-15-12-35-19-5-2-1-4-17(15)19)24(41)37-20(6-3-9-34-28(31)32)25(42)39-22(11-16-13-33-14-36-16)26(43)38-21(27(44)45)7-8-23(30)40/h1-2,4-5,12-14,18,20-22,35H,3,6-11,29H2,(H2,30,40)(H,33,36)(H,37,41)(H,38,43)(H,39,42)(H,44,45)(H4,31,32,34). The normalized spacial score (nSPS) is 13.6. The predicted molar refractivity (Wildman–Crippen MR) is 164 cm³/mol. The quantitative estimate of drug-likeness (QED) is 0.0415. The van der Waals surface area contributed by atoms with Gasteiger partial charge in [-0.05, 0) is 37.3 Å². The molecule has 1 aromatic carbocycles. The highest BCUT2D eigenvalue weighted by molar-refractivity contribution is 5.94. The number of para-hydroxylation sites is 1. The van der Waals surface area contributed by atoms with Crippen molar-refractivity contribution in [1.82, 2.24) is 30.9 Å². The monoisotopic (exact) mass is 625 g/mol. The molecule has 3 aromatic rings. The number of carbonyl (C=O) groups is 5. The first kappa shape index (κ1) is 34.0. The van der Waals surface area contributed by atoms with Crippen LogP contribution in [0.5, 0.6) is 0 Å². The number of carboxylic acid groups (broad SMARTS) is 1. The van der Waals surface area contributed by atoms with Crippen molar-refractivity contribution in [3.63, 3.8) is 0 Å². The number of H-pyrrole nitrogens is 2. The van der Waals surface area contributed by atoms with E-state index in [1.165, 1.54) is 12.5 Å². The van der Waals surface area contributed by atoms with E-state index in [4.69, 9.17) is 22.9 Å². The van der Waals surface area contributed by atoms with Gasteiger partial charge in [0.2, 0.25) is 23.6 Å². The molecule has 17 nitrogen and oxygen atoms in total. The van der Waals surface area contributed by atoms with Crippen molar-refractivity contribution < 1.29 is 29.1 Å². The number of rotatable bonds is 18. The summed E-state index contributed by atoms with van der Waals surface area (Å²) in [6.07, 6.45) is 4.52. The van der Waals surface area contributed by atoms with Gasteiger partial charge in [0, 0.05) is 48.4 Å². The highest BCUT2D eigenvalue weighted by atomic mass is 16.4. The number of amides is 4. The first-order valence-electron chi connectivity index (χ1n) is 14.2. The van der Waals surface area contributed by atoms with Gasteiger partial charge in [-0.25, -0.2) is 9.78 Å². The molecule has 0 radical (unpaired) electrons. The molecule has 0 aliphatic carbocycles. The number of primary amides is 1. The summed E-state index contributed by atoms with van der Waals surface area (Å²) in [5.74, 6) is -4.42. The summed E-state index contributed by atoms with van der Waals surface area (Å²) in [6.45, 7) is 0.168. The zero-order valence-electron chi connectivity index (χ0n) is 24.5. The van der Waals surface area contributed by atoms with Gasteiger partial charge in [-0.2, -0.15) is 0 Å². The van der Waals surface area contributed by atoms with Crippen molar-refractivity contribution in [1.29, 1.82) is 0 Å². The molecule has 2 heterocycles. The Kier molecular flexibility index (Phi) is 12.4. The van der Waals surface area contributed by atoms with E-state index in [0.29, 0.717) is 12.1 Å². The van der Waals surface area contributed by atoms with Gasteiger partial charge in [0.05, 0.1) is 12.4 Å². The van der Waals surface area contributed by atoms with E-state index in [0.717, 1.165) is 16.5 Å². The largest absolute Gasteiger partial charge is 0.480 e. The minimum atomic E-state index is -1.44. The molecule has 3 rings (SSSR count). The third kappa shape index (κ3) is 10.6. The fourth-order valence-electron chi connectivity index (χ4n) is 4.60. The van der Waals surface area contributed by atoms with Crippen molar-refractivity contribution in [2.75, 3.05) is 6.54 Å². The zero-order valence-corrected chi connectivity index (χ0v) is 24.5. The summed E-state index contributed by atoms with van der Waals surface area (Å²) in [7, 11) is 0. The maximum Gasteiger partial charge on any atom is 0.326 e. The summed E-state index contributed by atoms with van der Waals surface area (Å²) in [5.41, 5.74) is 24.3. The van der Waals surface area contributed by atoms with Crippen molar-refractivity contribution in [2.45, 2.75) is 62.7 Å². The topological polar surface area (TPSA) is 303 Å². The Morgan fingerprint density at radius 2 is 1.58 bits per heavy atom. The first-order chi connectivity index (χ1) is 21.4. The molecule has 4 atom stereocenters. The molecular weight excluding hydrogens is 586 g/mol. The molecule has 0 spiro atoms. The Morgan fingerprint density at radius 3 is 2.24 bits per heavy atom. The fourth-order valence-corrected chi connectivity index (χ4v) is 4.60. The number of nitrogens with zero attached hydrogens (tertiary/aromatic N) is 2. The van der Waals surface area contributed by atoms with Gasteiger partial charge in [-0.3, -0.25) is 24.2 Å². The predicted octanol–water partition coefficient (Wildman–Crippen LogP) is -2.14. The number of nitrogens with one attached hydrogen (secondary N) is 5. The number of fused-ring (bicyclic) bond motifs is 1. The number of carboxylic acids is 1. The van der Waals surface area contributed by atoms with Crippen molar-refractivity contribution in [3.8, 4) is 0 Å². The summed E-state index contributed by atoms with van der Waals surface area (Å²) < 4.78 is 0. The Morgan fingerprint density at radius 1 is 0.889 bits per heavy atom. The van der Waals surface area contributed by atoms with Crippen LogP contribution in [0.2, 0.25) is 0 Å². The van der Waals surface area contributed by atoms with E-state index in [-0.39, 0.29) is 44.6 Å². The van der Waals surface area contributed by atoms with E-state index in [1.54, 1.807) is 6.20 Å². The fraction of sp³-hybridized carbons (Fsp3) is 0.393. The third-order valence-electron chi connectivity index (χ3n) is 6.94. The molecule has 0 bridgehead atoms. The number of carbonyl (C=O) groups excluding carboxylic acids is 4. The van der Waals surface area contributed by atoms with Crippen LogP contribution >= 0.6 is 0 Å².